The number of hydrogen-bond donors (Lipinski definition) is 3. The zero-order chi connectivity index (χ0) is 68.7. The van der Waals surface area contributed by atoms with Crippen LogP contribution in [0.5, 0.6) is 0 Å². The molecule has 0 rings (SSSR count). The van der Waals surface area contributed by atoms with E-state index in [9.17, 15) is 43.2 Å². The van der Waals surface area contributed by atoms with Crippen LogP contribution < -0.4 is 0 Å². The van der Waals surface area contributed by atoms with Gasteiger partial charge in [-0.05, 0) is 43.4 Å². The molecule has 0 aliphatic heterocycles. The molecule has 0 heterocycles. The van der Waals surface area contributed by atoms with E-state index in [1.165, 1.54) is 186 Å². The number of phosphoric ester groups is 2. The lowest BCUT2D eigenvalue weighted by atomic mass is 10.0. The number of phosphoric acid groups is 2. The van der Waals surface area contributed by atoms with E-state index in [4.69, 9.17) is 37.0 Å². The van der Waals surface area contributed by atoms with Gasteiger partial charge in [-0.2, -0.15) is 0 Å². The highest BCUT2D eigenvalue weighted by atomic mass is 31.2. The summed E-state index contributed by atoms with van der Waals surface area (Å²) < 4.78 is 68.4. The van der Waals surface area contributed by atoms with Gasteiger partial charge in [-0.15, -0.1) is 0 Å². The smallest absolute Gasteiger partial charge is 0.462 e. The Bertz CT molecular complexity index is 1820. The average Bonchev–Trinajstić information content (AvgIpc) is 1.59. The molecule has 17 nitrogen and oxygen atoms in total. The first-order valence-corrected chi connectivity index (χ1v) is 41.3. The molecule has 0 aromatic heterocycles. The molecule has 0 radical (unpaired) electrons. The first-order valence-electron chi connectivity index (χ1n) is 38.3. The lowest BCUT2D eigenvalue weighted by Gasteiger charge is -2.21. The van der Waals surface area contributed by atoms with Crippen LogP contribution in [-0.2, 0) is 65.4 Å². The standard InChI is InChI=1S/C74H144O17P2/c1-8-9-10-11-12-24-34-41-48-55-71(76)84-61-69(91-74(79)58-51-44-37-30-23-27-33-40-47-54-67(6)7)63-88-92(80,81)86-59-68(75)60-87-93(82,83)89-64-70(90-73(78)57-50-43-36-29-22-18-14-16-20-26-32-39-46-53-66(4)5)62-85-72(77)56-49-42-35-28-21-17-13-15-19-25-31-38-45-52-65(2)3/h65-70,75H,8-64H2,1-7H3,(H,80,81)(H,82,83)/t68-,69+,70+/m0/s1. The lowest BCUT2D eigenvalue weighted by molar-refractivity contribution is -0.161. The summed E-state index contributed by atoms with van der Waals surface area (Å²) in [6, 6.07) is 0. The van der Waals surface area contributed by atoms with Crippen molar-refractivity contribution in [2.75, 3.05) is 39.6 Å². The van der Waals surface area contributed by atoms with E-state index in [0.29, 0.717) is 25.7 Å². The summed E-state index contributed by atoms with van der Waals surface area (Å²) in [5.41, 5.74) is 0. The van der Waals surface area contributed by atoms with Crippen molar-refractivity contribution in [1.82, 2.24) is 0 Å². The molecular weight excluding hydrogens is 1220 g/mol. The van der Waals surface area contributed by atoms with Gasteiger partial charge in [0.05, 0.1) is 26.4 Å². The monoisotopic (exact) mass is 1370 g/mol. The first kappa shape index (κ1) is 91.1. The van der Waals surface area contributed by atoms with Crippen LogP contribution >= 0.6 is 15.6 Å². The van der Waals surface area contributed by atoms with Crippen molar-refractivity contribution in [1.29, 1.82) is 0 Å². The molecule has 0 fully saturated rings. The molecule has 3 N–H and O–H groups in total. The second-order valence-electron chi connectivity index (χ2n) is 28.1. The van der Waals surface area contributed by atoms with E-state index < -0.39 is 97.5 Å². The van der Waals surface area contributed by atoms with Crippen LogP contribution in [0, 0.1) is 17.8 Å². The maximum Gasteiger partial charge on any atom is 0.472 e. The highest BCUT2D eigenvalue weighted by molar-refractivity contribution is 7.47. The van der Waals surface area contributed by atoms with Crippen molar-refractivity contribution in [2.24, 2.45) is 17.8 Å². The Morgan fingerprint density at radius 2 is 0.495 bits per heavy atom. The van der Waals surface area contributed by atoms with E-state index in [0.717, 1.165) is 108 Å². The molecule has 0 aliphatic rings. The number of aliphatic hydroxyl groups excluding tert-OH is 1. The fourth-order valence-corrected chi connectivity index (χ4v) is 12.8. The molecule has 5 atom stereocenters. The summed E-state index contributed by atoms with van der Waals surface area (Å²) in [6.45, 7) is 11.9. The van der Waals surface area contributed by atoms with Crippen molar-refractivity contribution < 1.29 is 80.2 Å². The Labute approximate surface area is 568 Å². The third-order valence-corrected chi connectivity index (χ3v) is 19.0. The first-order chi connectivity index (χ1) is 44.7. The topological polar surface area (TPSA) is 237 Å². The molecule has 0 spiro atoms. The number of esters is 4. The highest BCUT2D eigenvalue weighted by Gasteiger charge is 2.30. The molecule has 0 aliphatic carbocycles. The van der Waals surface area contributed by atoms with Gasteiger partial charge < -0.3 is 33.8 Å². The number of carbonyl (C=O) groups is 4. The number of unbranched alkanes of at least 4 members (excludes halogenated alkanes) is 40. The van der Waals surface area contributed by atoms with Gasteiger partial charge in [0, 0.05) is 25.7 Å². The van der Waals surface area contributed by atoms with Crippen LogP contribution in [0.4, 0.5) is 0 Å². The molecular formula is C74H144O17P2. The third kappa shape index (κ3) is 68.4. The fourth-order valence-electron chi connectivity index (χ4n) is 11.2. The second-order valence-corrected chi connectivity index (χ2v) is 31.0. The van der Waals surface area contributed by atoms with Crippen molar-refractivity contribution in [2.45, 2.75) is 394 Å². The largest absolute Gasteiger partial charge is 0.472 e. The summed E-state index contributed by atoms with van der Waals surface area (Å²) in [4.78, 5) is 72.7. The Balaban J connectivity index is 5.24. The van der Waals surface area contributed by atoms with Gasteiger partial charge in [0.15, 0.2) is 12.2 Å². The van der Waals surface area contributed by atoms with Crippen molar-refractivity contribution in [3.8, 4) is 0 Å². The highest BCUT2D eigenvalue weighted by Crippen LogP contribution is 2.45. The predicted molar refractivity (Wildman–Crippen MR) is 377 cm³/mol. The van der Waals surface area contributed by atoms with Crippen LogP contribution in [0.15, 0.2) is 0 Å². The predicted octanol–water partition coefficient (Wildman–Crippen LogP) is 21.4. The summed E-state index contributed by atoms with van der Waals surface area (Å²) in [7, 11) is -9.91. The summed E-state index contributed by atoms with van der Waals surface area (Å²) >= 11 is 0. The van der Waals surface area contributed by atoms with E-state index in [1.807, 2.05) is 0 Å². The van der Waals surface area contributed by atoms with Crippen LogP contribution in [0.2, 0.25) is 0 Å². The minimum atomic E-state index is -4.96. The Kier molecular flexibility index (Phi) is 63.4. The number of carbonyl (C=O) groups excluding carboxylic acids is 4. The zero-order valence-electron chi connectivity index (χ0n) is 60.7. The van der Waals surface area contributed by atoms with Gasteiger partial charge in [-0.3, -0.25) is 37.3 Å². The van der Waals surface area contributed by atoms with E-state index in [1.54, 1.807) is 0 Å². The normalized spacial score (nSPS) is 14.1. The number of aliphatic hydroxyl groups is 1. The van der Waals surface area contributed by atoms with Gasteiger partial charge >= 0.3 is 39.5 Å². The van der Waals surface area contributed by atoms with Crippen LogP contribution in [-0.4, -0.2) is 96.7 Å². The van der Waals surface area contributed by atoms with E-state index in [-0.39, 0.29) is 25.7 Å². The molecule has 0 amide bonds. The quantitative estimate of drug-likeness (QED) is 0.0222. The van der Waals surface area contributed by atoms with Gasteiger partial charge in [-0.25, -0.2) is 9.13 Å². The third-order valence-electron chi connectivity index (χ3n) is 17.1. The van der Waals surface area contributed by atoms with Crippen LogP contribution in [0.1, 0.15) is 376 Å². The van der Waals surface area contributed by atoms with Crippen molar-refractivity contribution in [3.05, 3.63) is 0 Å². The fraction of sp³-hybridized carbons (Fsp3) is 0.946. The number of hydrogen-bond acceptors (Lipinski definition) is 15. The summed E-state index contributed by atoms with van der Waals surface area (Å²) in [5, 5.41) is 10.6. The SMILES string of the molecule is CCCCCCCCCCCC(=O)OC[C@H](COP(=O)(O)OC[C@H](O)COP(=O)(O)OC[C@@H](COC(=O)CCCCCCCCCCCCCCCC(C)C)OC(=O)CCCCCCCCCCCCCCCC(C)C)OC(=O)CCCCCCCCCCCC(C)C. The maximum atomic E-state index is 13.1. The zero-order valence-corrected chi connectivity index (χ0v) is 62.5. The maximum absolute atomic E-state index is 13.1. The number of rotatable bonds is 72. The van der Waals surface area contributed by atoms with Gasteiger partial charge in [0.25, 0.3) is 0 Å². The molecule has 19 heteroatoms. The van der Waals surface area contributed by atoms with Crippen molar-refractivity contribution >= 4 is 39.5 Å². The molecule has 0 aromatic carbocycles. The second kappa shape index (κ2) is 64.7. The van der Waals surface area contributed by atoms with Crippen LogP contribution in [0.25, 0.3) is 0 Å². The van der Waals surface area contributed by atoms with Crippen molar-refractivity contribution in [3.63, 3.8) is 0 Å². The van der Waals surface area contributed by atoms with Gasteiger partial charge in [0.1, 0.15) is 19.3 Å². The number of ether oxygens (including phenoxy) is 4. The minimum absolute atomic E-state index is 0.105. The molecule has 0 saturated heterocycles. The summed E-state index contributed by atoms with van der Waals surface area (Å²) in [5.74, 6) is 0.193. The Morgan fingerprint density at radius 1 is 0.290 bits per heavy atom. The Morgan fingerprint density at radius 3 is 0.731 bits per heavy atom. The molecule has 0 saturated carbocycles. The molecule has 93 heavy (non-hydrogen) atoms. The van der Waals surface area contributed by atoms with Gasteiger partial charge in [-0.1, -0.05) is 325 Å². The molecule has 552 valence electrons. The van der Waals surface area contributed by atoms with Gasteiger partial charge in [0.2, 0.25) is 0 Å². The average molecular weight is 1370 g/mol. The van der Waals surface area contributed by atoms with Crippen LogP contribution in [0.3, 0.4) is 0 Å². The molecule has 0 aromatic rings. The summed E-state index contributed by atoms with van der Waals surface area (Å²) in [6.07, 6.45) is 49.9. The minimum Gasteiger partial charge on any atom is -0.462 e. The molecule has 2 unspecified atom stereocenters. The lowest BCUT2D eigenvalue weighted by Crippen LogP contribution is -2.30. The van der Waals surface area contributed by atoms with E-state index in [2.05, 4.69) is 48.5 Å². The van der Waals surface area contributed by atoms with E-state index >= 15 is 0 Å². The molecule has 0 bridgehead atoms. The Hall–Kier alpha value is -1.94.